The molecule has 0 radical (unpaired) electrons. The fourth-order valence-electron chi connectivity index (χ4n) is 4.73. The van der Waals surface area contributed by atoms with E-state index in [1.807, 2.05) is 6.07 Å². The van der Waals surface area contributed by atoms with Crippen LogP contribution in [0.4, 0.5) is 20.2 Å². The van der Waals surface area contributed by atoms with Crippen LogP contribution in [0.3, 0.4) is 0 Å². The summed E-state index contributed by atoms with van der Waals surface area (Å²) in [6, 6.07) is 7.78. The summed E-state index contributed by atoms with van der Waals surface area (Å²) in [5, 5.41) is 9.24. The van der Waals surface area contributed by atoms with E-state index in [-0.39, 0.29) is 15.8 Å². The van der Waals surface area contributed by atoms with Gasteiger partial charge in [-0.1, -0.05) is 0 Å². The number of ether oxygens (including phenoxy) is 2. The Bertz CT molecular complexity index is 1410. The Labute approximate surface area is 212 Å². The zero-order valence-electron chi connectivity index (χ0n) is 20.1. The van der Waals surface area contributed by atoms with E-state index in [1.165, 1.54) is 19.3 Å². The number of amides is 1. The van der Waals surface area contributed by atoms with Crippen LogP contribution in [0.2, 0.25) is 0 Å². The monoisotopic (exact) mass is 535 g/mol. The minimum absolute atomic E-state index is 0.0950. The Balaban J connectivity index is 1.30. The Hall–Kier alpha value is -3.29. The van der Waals surface area contributed by atoms with Crippen molar-refractivity contribution in [2.75, 3.05) is 50.2 Å². The van der Waals surface area contributed by atoms with Crippen LogP contribution in [0, 0.1) is 0 Å². The topological polar surface area (TPSA) is 117 Å². The lowest BCUT2D eigenvalue weighted by molar-refractivity contribution is -0.116. The maximum atomic E-state index is 13.4. The molecule has 0 saturated carbocycles. The smallest absolute Gasteiger partial charge is 0.263 e. The van der Waals surface area contributed by atoms with E-state index in [0.717, 1.165) is 48.7 Å². The second-order valence-electron chi connectivity index (χ2n) is 9.03. The molecule has 0 aliphatic carbocycles. The number of benzene rings is 2. The molecule has 5 rings (SSSR count). The molecule has 10 nitrogen and oxygen atoms in total. The predicted molar refractivity (Wildman–Crippen MR) is 133 cm³/mol. The van der Waals surface area contributed by atoms with Crippen molar-refractivity contribution < 1.29 is 31.5 Å². The zero-order chi connectivity index (χ0) is 26.2. The van der Waals surface area contributed by atoms with Gasteiger partial charge in [-0.25, -0.2) is 17.2 Å². The standard InChI is InChI=1S/C24H27F2N5O5S/c1-30(37(33,34)21-11-15(24(25)26)10-16-13-27-29-23(16)21)14-22(32)28-17-2-3-19-20(12-17)36-9-6-31(19)18-4-7-35-8-5-18/h2-3,10-13,18,24H,4-9,14H2,1H3,(H,27,29)(H,28,32). The molecule has 0 unspecified atom stereocenters. The Morgan fingerprint density at radius 2 is 2.03 bits per heavy atom. The number of fused-ring (bicyclic) bond motifs is 2. The zero-order valence-corrected chi connectivity index (χ0v) is 20.9. The summed E-state index contributed by atoms with van der Waals surface area (Å²) in [6.45, 7) is 2.20. The molecule has 2 aliphatic rings. The minimum atomic E-state index is -4.29. The number of anilines is 2. The molecule has 2 aromatic carbocycles. The van der Waals surface area contributed by atoms with E-state index in [4.69, 9.17) is 9.47 Å². The number of hydrogen-bond donors (Lipinski definition) is 2. The number of aromatic nitrogens is 2. The number of hydrogen-bond acceptors (Lipinski definition) is 7. The third kappa shape index (κ3) is 5.11. The lowest BCUT2D eigenvalue weighted by Crippen LogP contribution is -2.44. The van der Waals surface area contributed by atoms with E-state index in [9.17, 15) is 22.0 Å². The van der Waals surface area contributed by atoms with Crippen molar-refractivity contribution in [2.24, 2.45) is 0 Å². The van der Waals surface area contributed by atoms with Crippen LogP contribution in [0.1, 0.15) is 24.8 Å². The number of carbonyl (C=O) groups excluding carboxylic acids is 1. The van der Waals surface area contributed by atoms with Gasteiger partial charge in [0.25, 0.3) is 6.43 Å². The molecule has 0 atom stereocenters. The van der Waals surface area contributed by atoms with E-state index in [1.54, 1.807) is 12.1 Å². The summed E-state index contributed by atoms with van der Waals surface area (Å²) in [5.74, 6) is 0.0518. The van der Waals surface area contributed by atoms with Crippen LogP contribution in [-0.4, -0.2) is 74.8 Å². The minimum Gasteiger partial charge on any atom is -0.489 e. The van der Waals surface area contributed by atoms with Crippen LogP contribution >= 0.6 is 0 Å². The third-order valence-corrected chi connectivity index (χ3v) is 8.44. The number of aromatic amines is 1. The van der Waals surface area contributed by atoms with Gasteiger partial charge in [0, 0.05) is 49.0 Å². The average molecular weight is 536 g/mol. The molecule has 0 bridgehead atoms. The van der Waals surface area contributed by atoms with Gasteiger partial charge in [0.2, 0.25) is 15.9 Å². The number of carbonyl (C=O) groups is 1. The van der Waals surface area contributed by atoms with Gasteiger partial charge in [-0.2, -0.15) is 9.40 Å². The van der Waals surface area contributed by atoms with Gasteiger partial charge in [0.1, 0.15) is 17.3 Å². The highest BCUT2D eigenvalue weighted by molar-refractivity contribution is 7.89. The first-order chi connectivity index (χ1) is 17.7. The van der Waals surface area contributed by atoms with Crippen LogP contribution in [0.5, 0.6) is 5.75 Å². The number of rotatable bonds is 7. The van der Waals surface area contributed by atoms with E-state index in [2.05, 4.69) is 20.4 Å². The van der Waals surface area contributed by atoms with Crippen molar-refractivity contribution >= 4 is 38.2 Å². The highest BCUT2D eigenvalue weighted by atomic mass is 32.2. The lowest BCUT2D eigenvalue weighted by Gasteiger charge is -2.39. The molecule has 2 N–H and O–H groups in total. The van der Waals surface area contributed by atoms with Crippen molar-refractivity contribution in [3.8, 4) is 5.75 Å². The second-order valence-corrected chi connectivity index (χ2v) is 11.0. The first-order valence-electron chi connectivity index (χ1n) is 11.9. The first-order valence-corrected chi connectivity index (χ1v) is 13.3. The van der Waals surface area contributed by atoms with Gasteiger partial charge >= 0.3 is 0 Å². The van der Waals surface area contributed by atoms with Gasteiger partial charge in [-0.15, -0.1) is 0 Å². The normalized spacial score (nSPS) is 16.7. The van der Waals surface area contributed by atoms with Gasteiger partial charge in [-0.3, -0.25) is 9.89 Å². The number of H-pyrrole nitrogens is 1. The molecule has 1 saturated heterocycles. The molecule has 0 spiro atoms. The highest BCUT2D eigenvalue weighted by Crippen LogP contribution is 2.37. The number of sulfonamides is 1. The van der Waals surface area contributed by atoms with Crippen molar-refractivity contribution in [1.29, 1.82) is 0 Å². The number of nitrogens with one attached hydrogen (secondary N) is 2. The number of halogens is 2. The molecule has 3 aromatic rings. The average Bonchev–Trinajstić information content (AvgIpc) is 3.36. The van der Waals surface area contributed by atoms with E-state index < -0.39 is 34.5 Å². The van der Waals surface area contributed by atoms with Gasteiger partial charge in [-0.05, 0) is 37.1 Å². The summed E-state index contributed by atoms with van der Waals surface area (Å²) >= 11 is 0. The van der Waals surface area contributed by atoms with Gasteiger partial charge in [0.15, 0.2) is 0 Å². The lowest BCUT2D eigenvalue weighted by atomic mass is 10.0. The van der Waals surface area contributed by atoms with Crippen molar-refractivity contribution in [3.05, 3.63) is 42.1 Å². The van der Waals surface area contributed by atoms with Gasteiger partial charge in [0.05, 0.1) is 30.5 Å². The maximum Gasteiger partial charge on any atom is 0.263 e. The molecule has 1 aromatic heterocycles. The molecule has 2 aliphatic heterocycles. The van der Waals surface area contributed by atoms with Crippen LogP contribution in [0.25, 0.3) is 10.9 Å². The summed E-state index contributed by atoms with van der Waals surface area (Å²) < 4.78 is 65.2. The fourth-order valence-corrected chi connectivity index (χ4v) is 6.06. The van der Waals surface area contributed by atoms with E-state index >= 15 is 0 Å². The molecule has 13 heteroatoms. The van der Waals surface area contributed by atoms with Gasteiger partial charge < -0.3 is 19.7 Å². The highest BCUT2D eigenvalue weighted by Gasteiger charge is 2.29. The summed E-state index contributed by atoms with van der Waals surface area (Å²) in [5.41, 5.74) is 1.05. The first kappa shape index (κ1) is 25.4. The Morgan fingerprint density at radius 1 is 1.24 bits per heavy atom. The predicted octanol–water partition coefficient (Wildman–Crippen LogP) is 3.14. The van der Waals surface area contributed by atoms with Crippen LogP contribution in [-0.2, 0) is 19.6 Å². The molecule has 1 fully saturated rings. The second kappa shape index (κ2) is 10.2. The largest absolute Gasteiger partial charge is 0.489 e. The van der Waals surface area contributed by atoms with E-state index in [0.29, 0.717) is 24.1 Å². The number of alkyl halides is 2. The number of likely N-dealkylation sites (N-methyl/N-ethyl adjacent to an activating group) is 1. The molecule has 1 amide bonds. The fraction of sp³-hybridized carbons (Fsp3) is 0.417. The molecular weight excluding hydrogens is 508 g/mol. The summed E-state index contributed by atoms with van der Waals surface area (Å²) in [6.07, 6.45) is 0.275. The summed E-state index contributed by atoms with van der Waals surface area (Å²) in [4.78, 5) is 14.7. The molecule has 198 valence electrons. The SMILES string of the molecule is CN(CC(=O)Nc1ccc2c(c1)OCCN2C1CCOCC1)S(=O)(=O)c1cc(C(F)F)cc2cn[nH]c12. The van der Waals surface area contributed by atoms with Crippen molar-refractivity contribution in [3.63, 3.8) is 0 Å². The summed E-state index contributed by atoms with van der Waals surface area (Å²) in [7, 11) is -3.07. The maximum absolute atomic E-state index is 13.4. The van der Waals surface area contributed by atoms with Crippen molar-refractivity contribution in [2.45, 2.75) is 30.2 Å². The molecular formula is C24H27F2N5O5S. The molecule has 37 heavy (non-hydrogen) atoms. The quantitative estimate of drug-likeness (QED) is 0.477. The molecule has 3 heterocycles. The third-order valence-electron chi connectivity index (χ3n) is 6.62. The van der Waals surface area contributed by atoms with Crippen molar-refractivity contribution in [1.82, 2.24) is 14.5 Å². The Morgan fingerprint density at radius 3 is 2.78 bits per heavy atom. The van der Waals surface area contributed by atoms with Crippen LogP contribution < -0.4 is 15.0 Å². The number of nitrogens with zero attached hydrogens (tertiary/aromatic N) is 3. The Kier molecular flexibility index (Phi) is 7.01. The van der Waals surface area contributed by atoms with Crippen LogP contribution in [0.15, 0.2) is 41.4 Å².